The summed E-state index contributed by atoms with van der Waals surface area (Å²) < 4.78 is 5.02. The van der Waals surface area contributed by atoms with Crippen molar-refractivity contribution in [3.8, 4) is 11.4 Å². The third kappa shape index (κ3) is 4.00. The Bertz CT molecular complexity index is 879. The Morgan fingerprint density at radius 1 is 1.16 bits per heavy atom. The highest BCUT2D eigenvalue weighted by atomic mass is 16.5. The van der Waals surface area contributed by atoms with E-state index < -0.39 is 0 Å². The average molecular weight is 335 g/mol. The van der Waals surface area contributed by atoms with Gasteiger partial charge in [0.15, 0.2) is 0 Å². The van der Waals surface area contributed by atoms with E-state index >= 15 is 0 Å². The van der Waals surface area contributed by atoms with Crippen LogP contribution in [0.25, 0.3) is 22.3 Å². The van der Waals surface area contributed by atoms with Crippen LogP contribution in [0.1, 0.15) is 22.3 Å². The minimum absolute atomic E-state index is 0.105. The van der Waals surface area contributed by atoms with Crippen molar-refractivity contribution in [2.24, 2.45) is 0 Å². The predicted octanol–water partition coefficient (Wildman–Crippen LogP) is 3.37. The summed E-state index contributed by atoms with van der Waals surface area (Å²) in [6, 6.07) is 13.4. The van der Waals surface area contributed by atoms with Crippen LogP contribution in [-0.2, 0) is 4.74 Å². The number of pyridine rings is 2. The van der Waals surface area contributed by atoms with Crippen LogP contribution in [0.4, 0.5) is 0 Å². The second-order valence-electron chi connectivity index (χ2n) is 5.89. The summed E-state index contributed by atoms with van der Waals surface area (Å²) in [5.41, 5.74) is 3.94. The number of hydrogen-bond acceptors (Lipinski definition) is 4. The van der Waals surface area contributed by atoms with E-state index in [2.05, 4.69) is 15.3 Å². The molecule has 0 fully saturated rings. The van der Waals surface area contributed by atoms with Crippen LogP contribution in [0.3, 0.4) is 0 Å². The van der Waals surface area contributed by atoms with Crippen molar-refractivity contribution in [3.63, 3.8) is 0 Å². The van der Waals surface area contributed by atoms with Gasteiger partial charge in [0.2, 0.25) is 0 Å². The van der Waals surface area contributed by atoms with Gasteiger partial charge < -0.3 is 10.1 Å². The Morgan fingerprint density at radius 2 is 2.04 bits per heavy atom. The minimum atomic E-state index is -0.105. The molecule has 3 rings (SSSR count). The van der Waals surface area contributed by atoms with Gasteiger partial charge >= 0.3 is 0 Å². The number of amides is 1. The Hall–Kier alpha value is -2.79. The molecule has 0 saturated heterocycles. The first kappa shape index (κ1) is 17.0. The molecule has 128 valence electrons. The first-order valence-electron chi connectivity index (χ1n) is 8.29. The monoisotopic (exact) mass is 335 g/mol. The summed E-state index contributed by atoms with van der Waals surface area (Å²) in [6.07, 6.45) is 2.50. The average Bonchev–Trinajstić information content (AvgIpc) is 2.65. The molecule has 2 aromatic heterocycles. The number of carbonyl (C=O) groups excluding carboxylic acids is 1. The number of rotatable bonds is 6. The zero-order valence-electron chi connectivity index (χ0n) is 14.5. The Kier molecular flexibility index (Phi) is 5.36. The zero-order valence-corrected chi connectivity index (χ0v) is 14.5. The molecule has 0 bridgehead atoms. The molecule has 0 radical (unpaired) electrons. The van der Waals surface area contributed by atoms with Gasteiger partial charge in [0.05, 0.1) is 22.5 Å². The van der Waals surface area contributed by atoms with E-state index in [1.54, 1.807) is 13.3 Å². The number of ether oxygens (including phenoxy) is 1. The van der Waals surface area contributed by atoms with Crippen molar-refractivity contribution < 1.29 is 9.53 Å². The summed E-state index contributed by atoms with van der Waals surface area (Å²) in [6.45, 7) is 3.20. The summed E-state index contributed by atoms with van der Waals surface area (Å²) >= 11 is 0. The Balaban J connectivity index is 2.01. The van der Waals surface area contributed by atoms with Crippen LogP contribution in [0.15, 0.2) is 48.7 Å². The van der Waals surface area contributed by atoms with Crippen molar-refractivity contribution in [1.29, 1.82) is 0 Å². The maximum Gasteiger partial charge on any atom is 0.252 e. The van der Waals surface area contributed by atoms with Gasteiger partial charge in [0.25, 0.3) is 5.91 Å². The largest absolute Gasteiger partial charge is 0.385 e. The number of hydrogen-bond donors (Lipinski definition) is 1. The fourth-order valence-corrected chi connectivity index (χ4v) is 2.69. The lowest BCUT2D eigenvalue weighted by Gasteiger charge is -2.11. The molecular weight excluding hydrogens is 314 g/mol. The molecule has 1 N–H and O–H groups in total. The molecule has 0 atom stereocenters. The molecule has 1 amide bonds. The van der Waals surface area contributed by atoms with Gasteiger partial charge in [0, 0.05) is 31.8 Å². The summed E-state index contributed by atoms with van der Waals surface area (Å²) in [4.78, 5) is 21.7. The molecule has 0 aliphatic rings. The van der Waals surface area contributed by atoms with Gasteiger partial charge in [-0.3, -0.25) is 9.78 Å². The van der Waals surface area contributed by atoms with Gasteiger partial charge in [-0.2, -0.15) is 0 Å². The van der Waals surface area contributed by atoms with Gasteiger partial charge in [-0.05, 0) is 43.7 Å². The molecule has 2 heterocycles. The molecule has 1 aromatic carbocycles. The second-order valence-corrected chi connectivity index (χ2v) is 5.89. The van der Waals surface area contributed by atoms with Crippen molar-refractivity contribution in [2.45, 2.75) is 13.3 Å². The molecule has 25 heavy (non-hydrogen) atoms. The molecule has 3 aromatic rings. The highest BCUT2D eigenvalue weighted by molar-refractivity contribution is 6.07. The van der Waals surface area contributed by atoms with Crippen LogP contribution in [0.2, 0.25) is 0 Å². The number of nitrogens with one attached hydrogen (secondary N) is 1. The standard InChI is InChI=1S/C20H21N3O2/c1-14-7-8-17-15(12-14)16(20(24)22-10-5-11-25-2)13-19(23-17)18-6-3-4-9-21-18/h3-4,6-9,12-13H,5,10-11H2,1-2H3,(H,22,24). The van der Waals surface area contributed by atoms with Crippen LogP contribution >= 0.6 is 0 Å². The fourth-order valence-electron chi connectivity index (χ4n) is 2.69. The molecule has 5 nitrogen and oxygen atoms in total. The SMILES string of the molecule is COCCCNC(=O)c1cc(-c2ccccn2)nc2ccc(C)cc12. The van der Waals surface area contributed by atoms with Crippen LogP contribution in [-0.4, -0.2) is 36.1 Å². The first-order valence-corrected chi connectivity index (χ1v) is 8.29. The number of aryl methyl sites for hydroxylation is 1. The molecule has 0 unspecified atom stereocenters. The second kappa shape index (κ2) is 7.85. The van der Waals surface area contributed by atoms with Crippen LogP contribution in [0, 0.1) is 6.92 Å². The maximum atomic E-state index is 12.7. The summed E-state index contributed by atoms with van der Waals surface area (Å²) in [7, 11) is 1.65. The Morgan fingerprint density at radius 3 is 2.80 bits per heavy atom. The minimum Gasteiger partial charge on any atom is -0.385 e. The van der Waals surface area contributed by atoms with Gasteiger partial charge in [0.1, 0.15) is 0 Å². The normalized spacial score (nSPS) is 10.8. The molecule has 0 aliphatic heterocycles. The highest BCUT2D eigenvalue weighted by Crippen LogP contribution is 2.24. The van der Waals surface area contributed by atoms with Crippen LogP contribution in [0.5, 0.6) is 0 Å². The lowest BCUT2D eigenvalue weighted by molar-refractivity contribution is 0.0950. The third-order valence-corrected chi connectivity index (χ3v) is 3.95. The van der Waals surface area contributed by atoms with Crippen molar-refractivity contribution in [1.82, 2.24) is 15.3 Å². The Labute approximate surface area is 147 Å². The number of benzene rings is 1. The van der Waals surface area contributed by atoms with Gasteiger partial charge in [-0.25, -0.2) is 4.98 Å². The lowest BCUT2D eigenvalue weighted by atomic mass is 10.0. The van der Waals surface area contributed by atoms with Crippen molar-refractivity contribution in [2.75, 3.05) is 20.3 Å². The number of nitrogens with zero attached hydrogens (tertiary/aromatic N) is 2. The molecular formula is C20H21N3O2. The molecule has 5 heteroatoms. The van der Waals surface area contributed by atoms with Gasteiger partial charge in [-0.1, -0.05) is 17.7 Å². The zero-order chi connectivity index (χ0) is 17.6. The number of carbonyl (C=O) groups is 1. The van der Waals surface area contributed by atoms with Gasteiger partial charge in [-0.15, -0.1) is 0 Å². The first-order chi connectivity index (χ1) is 12.2. The maximum absolute atomic E-state index is 12.7. The van der Waals surface area contributed by atoms with E-state index in [-0.39, 0.29) is 5.91 Å². The van der Waals surface area contributed by atoms with E-state index in [1.807, 2.05) is 49.4 Å². The topological polar surface area (TPSA) is 64.1 Å². The van der Waals surface area contributed by atoms with E-state index in [1.165, 1.54) is 0 Å². The third-order valence-electron chi connectivity index (χ3n) is 3.95. The predicted molar refractivity (Wildman–Crippen MR) is 98.5 cm³/mol. The summed E-state index contributed by atoms with van der Waals surface area (Å²) in [5.74, 6) is -0.105. The molecule has 0 spiro atoms. The highest BCUT2D eigenvalue weighted by Gasteiger charge is 2.14. The van der Waals surface area contributed by atoms with E-state index in [0.29, 0.717) is 24.4 Å². The smallest absolute Gasteiger partial charge is 0.252 e. The van der Waals surface area contributed by atoms with E-state index in [9.17, 15) is 4.79 Å². The van der Waals surface area contributed by atoms with E-state index in [0.717, 1.165) is 28.6 Å². The van der Waals surface area contributed by atoms with Crippen LogP contribution < -0.4 is 5.32 Å². The lowest BCUT2D eigenvalue weighted by Crippen LogP contribution is -2.25. The molecule has 0 aliphatic carbocycles. The summed E-state index contributed by atoms with van der Waals surface area (Å²) in [5, 5.41) is 3.81. The van der Waals surface area contributed by atoms with Crippen molar-refractivity contribution >= 4 is 16.8 Å². The number of methoxy groups -OCH3 is 1. The van der Waals surface area contributed by atoms with E-state index in [4.69, 9.17) is 4.74 Å². The number of aromatic nitrogens is 2. The molecule has 0 saturated carbocycles. The van der Waals surface area contributed by atoms with Crippen molar-refractivity contribution in [3.05, 3.63) is 59.8 Å². The quantitative estimate of drug-likeness (QED) is 0.702. The number of fused-ring (bicyclic) bond motifs is 1. The fraction of sp³-hybridized carbons (Fsp3) is 0.250.